The van der Waals surface area contributed by atoms with Crippen LogP contribution in [0.5, 0.6) is 0 Å². The summed E-state index contributed by atoms with van der Waals surface area (Å²) in [5.41, 5.74) is -0.463. The Labute approximate surface area is 167 Å². The van der Waals surface area contributed by atoms with Crippen LogP contribution in [0.25, 0.3) is 0 Å². The minimum absolute atomic E-state index is 0.0495. The third kappa shape index (κ3) is 4.62. The van der Waals surface area contributed by atoms with Gasteiger partial charge in [0.2, 0.25) is 10.0 Å². The van der Waals surface area contributed by atoms with Gasteiger partial charge in [0.1, 0.15) is 5.82 Å². The number of amides is 1. The van der Waals surface area contributed by atoms with Gasteiger partial charge in [-0.2, -0.15) is 4.31 Å². The van der Waals surface area contributed by atoms with Crippen molar-refractivity contribution < 1.29 is 26.4 Å². The van der Waals surface area contributed by atoms with Crippen LogP contribution >= 0.6 is 0 Å². The van der Waals surface area contributed by atoms with Crippen molar-refractivity contribution in [3.8, 4) is 0 Å². The molecule has 0 aromatic heterocycles. The maximum absolute atomic E-state index is 13.7. The number of hydrogen-bond donors (Lipinski definition) is 1. The Balaban J connectivity index is 1.77. The van der Waals surface area contributed by atoms with Gasteiger partial charge < -0.3 is 5.32 Å². The van der Waals surface area contributed by atoms with Crippen LogP contribution in [0.4, 0.5) is 18.9 Å². The minimum Gasteiger partial charge on any atom is -0.319 e. The first-order valence-electron chi connectivity index (χ1n) is 9.14. The molecule has 1 fully saturated rings. The van der Waals surface area contributed by atoms with E-state index in [9.17, 15) is 26.4 Å². The molecule has 2 atom stereocenters. The molecular weight excluding hydrogens is 405 g/mol. The number of halogens is 3. The summed E-state index contributed by atoms with van der Waals surface area (Å²) in [6.45, 7) is 4.88. The number of nitrogens with one attached hydrogen (secondary N) is 1. The van der Waals surface area contributed by atoms with E-state index in [2.05, 4.69) is 5.32 Å². The summed E-state index contributed by atoms with van der Waals surface area (Å²) < 4.78 is 67.1. The second kappa shape index (κ2) is 8.16. The van der Waals surface area contributed by atoms with Gasteiger partial charge in [-0.3, -0.25) is 4.79 Å². The maximum atomic E-state index is 13.7. The monoisotopic (exact) mass is 426 g/mol. The molecule has 2 aromatic rings. The van der Waals surface area contributed by atoms with Crippen molar-refractivity contribution in [3.63, 3.8) is 0 Å². The smallest absolute Gasteiger partial charge is 0.255 e. The summed E-state index contributed by atoms with van der Waals surface area (Å²) in [6.07, 6.45) is 0.964. The first-order valence-corrected chi connectivity index (χ1v) is 10.6. The summed E-state index contributed by atoms with van der Waals surface area (Å²) >= 11 is 0. The first kappa shape index (κ1) is 21.3. The maximum Gasteiger partial charge on any atom is 0.255 e. The highest BCUT2D eigenvalue weighted by molar-refractivity contribution is 7.89. The highest BCUT2D eigenvalue weighted by Gasteiger charge is 2.31. The third-order valence-corrected chi connectivity index (χ3v) is 6.69. The van der Waals surface area contributed by atoms with Gasteiger partial charge in [-0.05, 0) is 42.5 Å². The van der Waals surface area contributed by atoms with E-state index in [4.69, 9.17) is 0 Å². The number of benzene rings is 2. The average Bonchev–Trinajstić information content (AvgIpc) is 2.65. The van der Waals surface area contributed by atoms with Crippen LogP contribution in [0.1, 0.15) is 30.6 Å². The van der Waals surface area contributed by atoms with Gasteiger partial charge in [-0.15, -0.1) is 0 Å². The van der Waals surface area contributed by atoms with E-state index in [1.165, 1.54) is 28.6 Å². The van der Waals surface area contributed by atoms with E-state index in [1.807, 2.05) is 13.8 Å². The van der Waals surface area contributed by atoms with Gasteiger partial charge in [0, 0.05) is 30.8 Å². The second-order valence-electron chi connectivity index (χ2n) is 7.49. The molecule has 0 aliphatic carbocycles. The Morgan fingerprint density at radius 3 is 2.10 bits per heavy atom. The Hall–Kier alpha value is -2.39. The molecule has 5 nitrogen and oxygen atoms in total. The van der Waals surface area contributed by atoms with Crippen LogP contribution in [0.2, 0.25) is 0 Å². The third-order valence-electron chi connectivity index (χ3n) is 4.85. The lowest BCUT2D eigenvalue weighted by atomic mass is 9.94. The SMILES string of the molecule is CC1CC(C)CN(S(=O)(=O)c2ccc(C(=O)Nc3cc(F)c(F)cc3F)cc2)C1. The summed E-state index contributed by atoms with van der Waals surface area (Å²) in [6, 6.07) is 6.06. The van der Waals surface area contributed by atoms with E-state index in [1.54, 1.807) is 0 Å². The largest absolute Gasteiger partial charge is 0.319 e. The molecule has 2 aromatic carbocycles. The summed E-state index contributed by atoms with van der Waals surface area (Å²) in [7, 11) is -3.70. The van der Waals surface area contributed by atoms with E-state index >= 15 is 0 Å². The predicted molar refractivity (Wildman–Crippen MR) is 102 cm³/mol. The van der Waals surface area contributed by atoms with Crippen molar-refractivity contribution in [2.45, 2.75) is 25.2 Å². The Morgan fingerprint density at radius 2 is 1.52 bits per heavy atom. The molecule has 0 bridgehead atoms. The lowest BCUT2D eigenvalue weighted by molar-refractivity contribution is 0.102. The van der Waals surface area contributed by atoms with Crippen LogP contribution < -0.4 is 5.32 Å². The van der Waals surface area contributed by atoms with E-state index < -0.39 is 39.1 Å². The fourth-order valence-corrected chi connectivity index (χ4v) is 5.22. The van der Waals surface area contributed by atoms with E-state index in [0.717, 1.165) is 6.42 Å². The van der Waals surface area contributed by atoms with Gasteiger partial charge in [-0.25, -0.2) is 21.6 Å². The number of nitrogens with zero attached hydrogens (tertiary/aromatic N) is 1. The van der Waals surface area contributed by atoms with Crippen molar-refractivity contribution >= 4 is 21.6 Å². The molecule has 1 aliphatic rings. The van der Waals surface area contributed by atoms with Gasteiger partial charge in [0.05, 0.1) is 10.6 Å². The van der Waals surface area contributed by atoms with Gasteiger partial charge >= 0.3 is 0 Å². The van der Waals surface area contributed by atoms with Crippen LogP contribution in [-0.4, -0.2) is 31.7 Å². The molecular formula is C20H21F3N2O3S. The van der Waals surface area contributed by atoms with Crippen molar-refractivity contribution in [3.05, 3.63) is 59.4 Å². The average molecular weight is 426 g/mol. The fraction of sp³-hybridized carbons (Fsp3) is 0.350. The van der Waals surface area contributed by atoms with Crippen LogP contribution in [0, 0.1) is 29.3 Å². The fourth-order valence-electron chi connectivity index (χ4n) is 3.54. The lowest BCUT2D eigenvalue weighted by Gasteiger charge is -2.34. The molecule has 2 unspecified atom stereocenters. The molecule has 0 radical (unpaired) electrons. The number of sulfonamides is 1. The number of piperidine rings is 1. The zero-order valence-corrected chi connectivity index (χ0v) is 16.8. The highest BCUT2D eigenvalue weighted by Crippen LogP contribution is 2.27. The summed E-state index contributed by atoms with van der Waals surface area (Å²) in [4.78, 5) is 12.3. The van der Waals surface area contributed by atoms with E-state index in [-0.39, 0.29) is 22.3 Å². The normalized spacial score (nSPS) is 20.4. The quantitative estimate of drug-likeness (QED) is 0.751. The molecule has 0 saturated carbocycles. The van der Waals surface area contributed by atoms with Crippen LogP contribution in [0.15, 0.2) is 41.3 Å². The molecule has 1 N–H and O–H groups in total. The molecule has 29 heavy (non-hydrogen) atoms. The first-order chi connectivity index (χ1) is 13.6. The van der Waals surface area contributed by atoms with Gasteiger partial charge in [-0.1, -0.05) is 13.8 Å². The number of anilines is 1. The molecule has 1 amide bonds. The molecule has 156 valence electrons. The standard InChI is InChI=1S/C20H21F3N2O3S/c1-12-7-13(2)11-25(10-12)29(27,28)15-5-3-14(4-6-15)20(26)24-19-9-17(22)16(21)8-18(19)23/h3-6,8-9,12-13H,7,10-11H2,1-2H3,(H,24,26). The van der Waals surface area contributed by atoms with Crippen LogP contribution in [0.3, 0.4) is 0 Å². The molecule has 1 heterocycles. The number of carbonyl (C=O) groups is 1. The zero-order valence-electron chi connectivity index (χ0n) is 16.0. The topological polar surface area (TPSA) is 66.5 Å². The summed E-state index contributed by atoms with van der Waals surface area (Å²) in [5, 5.41) is 2.15. The van der Waals surface area contributed by atoms with Gasteiger partial charge in [0.15, 0.2) is 11.6 Å². The lowest BCUT2D eigenvalue weighted by Crippen LogP contribution is -2.42. The predicted octanol–water partition coefficient (Wildman–Crippen LogP) is 4.02. The minimum atomic E-state index is -3.70. The van der Waals surface area contributed by atoms with E-state index in [0.29, 0.717) is 25.2 Å². The van der Waals surface area contributed by atoms with Crippen molar-refractivity contribution in [1.29, 1.82) is 0 Å². The highest BCUT2D eigenvalue weighted by atomic mass is 32.2. The molecule has 1 aliphatic heterocycles. The molecule has 0 spiro atoms. The Kier molecular flexibility index (Phi) is 6.00. The van der Waals surface area contributed by atoms with Crippen molar-refractivity contribution in [2.75, 3.05) is 18.4 Å². The van der Waals surface area contributed by atoms with Gasteiger partial charge in [0.25, 0.3) is 5.91 Å². The van der Waals surface area contributed by atoms with Crippen molar-refractivity contribution in [2.24, 2.45) is 11.8 Å². The Bertz CT molecular complexity index is 1020. The molecule has 1 saturated heterocycles. The number of hydrogen-bond acceptors (Lipinski definition) is 3. The summed E-state index contributed by atoms with van der Waals surface area (Å²) in [5.74, 6) is -4.05. The zero-order chi connectivity index (χ0) is 21.3. The van der Waals surface area contributed by atoms with Crippen LogP contribution in [-0.2, 0) is 10.0 Å². The second-order valence-corrected chi connectivity index (χ2v) is 9.43. The molecule has 9 heteroatoms. The number of rotatable bonds is 4. The van der Waals surface area contributed by atoms with Crippen molar-refractivity contribution in [1.82, 2.24) is 4.31 Å². The number of carbonyl (C=O) groups excluding carboxylic acids is 1. The molecule has 3 rings (SSSR count). The Morgan fingerprint density at radius 1 is 0.966 bits per heavy atom.